The van der Waals surface area contributed by atoms with E-state index < -0.39 is 0 Å². The van der Waals surface area contributed by atoms with Gasteiger partial charge in [-0.3, -0.25) is 4.79 Å². The van der Waals surface area contributed by atoms with Crippen molar-refractivity contribution in [2.45, 2.75) is 19.8 Å². The molecule has 0 unspecified atom stereocenters. The highest BCUT2D eigenvalue weighted by atomic mass is 16.1. The molecule has 0 fully saturated rings. The van der Waals surface area contributed by atoms with Crippen LogP contribution in [-0.2, 0) is 7.05 Å². The van der Waals surface area contributed by atoms with Gasteiger partial charge >= 0.3 is 0 Å². The SMILES string of the molecule is CC(C)c1cn(C)c2cc[nH]c(=O)c12. The summed E-state index contributed by atoms with van der Waals surface area (Å²) in [4.78, 5) is 14.4. The lowest BCUT2D eigenvalue weighted by atomic mass is 10.0. The Morgan fingerprint density at radius 3 is 2.79 bits per heavy atom. The molecule has 0 aromatic carbocycles. The van der Waals surface area contributed by atoms with Gasteiger partial charge in [0, 0.05) is 19.4 Å². The van der Waals surface area contributed by atoms with Gasteiger partial charge in [0.25, 0.3) is 5.56 Å². The van der Waals surface area contributed by atoms with Gasteiger partial charge in [0.05, 0.1) is 10.9 Å². The lowest BCUT2D eigenvalue weighted by Crippen LogP contribution is -2.05. The Labute approximate surface area is 82.4 Å². The molecule has 3 heteroatoms. The van der Waals surface area contributed by atoms with Gasteiger partial charge in [0.15, 0.2) is 0 Å². The van der Waals surface area contributed by atoms with Gasteiger partial charge in [-0.2, -0.15) is 0 Å². The Morgan fingerprint density at radius 2 is 2.14 bits per heavy atom. The van der Waals surface area contributed by atoms with Crippen LogP contribution in [0.4, 0.5) is 0 Å². The van der Waals surface area contributed by atoms with Crippen molar-refractivity contribution >= 4 is 10.9 Å². The van der Waals surface area contributed by atoms with Crippen LogP contribution in [0.5, 0.6) is 0 Å². The molecule has 2 heterocycles. The molecular formula is C11H14N2O. The maximum Gasteiger partial charge on any atom is 0.257 e. The zero-order valence-corrected chi connectivity index (χ0v) is 8.66. The molecule has 0 saturated carbocycles. The summed E-state index contributed by atoms with van der Waals surface area (Å²) in [7, 11) is 1.97. The van der Waals surface area contributed by atoms with E-state index in [9.17, 15) is 4.79 Å². The number of aromatic nitrogens is 2. The van der Waals surface area contributed by atoms with Gasteiger partial charge in [0.1, 0.15) is 0 Å². The summed E-state index contributed by atoms with van der Waals surface area (Å²) in [5, 5.41) is 0.824. The van der Waals surface area contributed by atoms with Crippen LogP contribution in [0.25, 0.3) is 10.9 Å². The van der Waals surface area contributed by atoms with E-state index in [1.807, 2.05) is 23.9 Å². The lowest BCUT2D eigenvalue weighted by Gasteiger charge is -2.00. The summed E-state index contributed by atoms with van der Waals surface area (Å²) in [6, 6.07) is 1.93. The van der Waals surface area contributed by atoms with Crippen molar-refractivity contribution in [3.63, 3.8) is 0 Å². The predicted octanol–water partition coefficient (Wildman–Crippen LogP) is 1.99. The van der Waals surface area contributed by atoms with Crippen molar-refractivity contribution in [1.29, 1.82) is 0 Å². The summed E-state index contributed by atoms with van der Waals surface area (Å²) in [5.41, 5.74) is 2.12. The quantitative estimate of drug-likeness (QED) is 0.733. The first kappa shape index (κ1) is 9.06. The average molecular weight is 190 g/mol. The van der Waals surface area contributed by atoms with Gasteiger partial charge in [-0.25, -0.2) is 0 Å². The zero-order valence-electron chi connectivity index (χ0n) is 8.66. The molecule has 0 atom stereocenters. The first-order valence-corrected chi connectivity index (χ1v) is 4.78. The van der Waals surface area contributed by atoms with Crippen molar-refractivity contribution in [2.75, 3.05) is 0 Å². The number of aromatic amines is 1. The number of nitrogens with one attached hydrogen (secondary N) is 1. The molecule has 0 spiro atoms. The fourth-order valence-electron chi connectivity index (χ4n) is 1.82. The molecule has 74 valence electrons. The number of hydrogen-bond acceptors (Lipinski definition) is 1. The van der Waals surface area contributed by atoms with Crippen molar-refractivity contribution < 1.29 is 0 Å². The van der Waals surface area contributed by atoms with E-state index in [4.69, 9.17) is 0 Å². The maximum absolute atomic E-state index is 11.6. The molecule has 0 aliphatic heterocycles. The molecule has 1 N–H and O–H groups in total. The molecule has 2 aromatic heterocycles. The second kappa shape index (κ2) is 3.01. The molecule has 0 aliphatic rings. The molecule has 0 aliphatic carbocycles. The third-order valence-corrected chi connectivity index (χ3v) is 2.56. The van der Waals surface area contributed by atoms with E-state index >= 15 is 0 Å². The minimum atomic E-state index is 0.00630. The van der Waals surface area contributed by atoms with Crippen LogP contribution < -0.4 is 5.56 Å². The molecule has 2 aromatic rings. The molecule has 3 nitrogen and oxygen atoms in total. The van der Waals surface area contributed by atoms with E-state index in [1.54, 1.807) is 6.20 Å². The Bertz CT molecular complexity index is 520. The fraction of sp³-hybridized carbons (Fsp3) is 0.364. The summed E-state index contributed by atoms with van der Waals surface area (Å²) in [5.74, 6) is 0.377. The van der Waals surface area contributed by atoms with Crippen LogP contribution in [0, 0.1) is 0 Å². The van der Waals surface area contributed by atoms with E-state index in [0.717, 1.165) is 16.5 Å². The topological polar surface area (TPSA) is 37.8 Å². The Balaban J connectivity index is 2.93. The van der Waals surface area contributed by atoms with Crippen LogP contribution in [-0.4, -0.2) is 9.55 Å². The van der Waals surface area contributed by atoms with Gasteiger partial charge in [-0.15, -0.1) is 0 Å². The van der Waals surface area contributed by atoms with Crippen molar-refractivity contribution in [3.05, 3.63) is 34.4 Å². The minimum absolute atomic E-state index is 0.00630. The van der Waals surface area contributed by atoms with E-state index in [2.05, 4.69) is 18.8 Å². The number of H-pyrrole nitrogens is 1. The normalized spacial score (nSPS) is 11.4. The van der Waals surface area contributed by atoms with Gasteiger partial charge in [-0.1, -0.05) is 13.8 Å². The number of hydrogen-bond donors (Lipinski definition) is 1. The number of fused-ring (bicyclic) bond motifs is 1. The molecule has 0 saturated heterocycles. The summed E-state index contributed by atoms with van der Waals surface area (Å²) in [6.45, 7) is 4.20. The molecule has 0 radical (unpaired) electrons. The molecular weight excluding hydrogens is 176 g/mol. The number of nitrogens with zero attached hydrogens (tertiary/aromatic N) is 1. The van der Waals surface area contributed by atoms with Crippen molar-refractivity contribution in [3.8, 4) is 0 Å². The summed E-state index contributed by atoms with van der Waals surface area (Å²) < 4.78 is 2.00. The van der Waals surface area contributed by atoms with Crippen LogP contribution in [0.1, 0.15) is 25.3 Å². The number of aryl methyl sites for hydroxylation is 1. The van der Waals surface area contributed by atoms with E-state index in [-0.39, 0.29) is 5.56 Å². The second-order valence-corrected chi connectivity index (χ2v) is 3.92. The van der Waals surface area contributed by atoms with Crippen LogP contribution in [0.2, 0.25) is 0 Å². The molecule has 14 heavy (non-hydrogen) atoms. The predicted molar refractivity (Wildman–Crippen MR) is 57.6 cm³/mol. The Morgan fingerprint density at radius 1 is 1.43 bits per heavy atom. The summed E-state index contributed by atoms with van der Waals surface area (Å²) >= 11 is 0. The molecule has 2 rings (SSSR count). The van der Waals surface area contributed by atoms with E-state index in [1.165, 1.54) is 0 Å². The van der Waals surface area contributed by atoms with Crippen molar-refractivity contribution in [2.24, 2.45) is 7.05 Å². The largest absolute Gasteiger partial charge is 0.350 e. The minimum Gasteiger partial charge on any atom is -0.350 e. The molecule has 0 bridgehead atoms. The van der Waals surface area contributed by atoms with Gasteiger partial charge < -0.3 is 9.55 Å². The van der Waals surface area contributed by atoms with Crippen LogP contribution in [0.15, 0.2) is 23.3 Å². The summed E-state index contributed by atoms with van der Waals surface area (Å²) in [6.07, 6.45) is 3.72. The third-order valence-electron chi connectivity index (χ3n) is 2.56. The first-order valence-electron chi connectivity index (χ1n) is 4.78. The highest BCUT2D eigenvalue weighted by molar-refractivity contribution is 5.83. The van der Waals surface area contributed by atoms with Crippen LogP contribution in [0.3, 0.4) is 0 Å². The maximum atomic E-state index is 11.6. The molecule has 0 amide bonds. The van der Waals surface area contributed by atoms with Crippen molar-refractivity contribution in [1.82, 2.24) is 9.55 Å². The highest BCUT2D eigenvalue weighted by Crippen LogP contribution is 2.23. The zero-order chi connectivity index (χ0) is 10.3. The smallest absolute Gasteiger partial charge is 0.257 e. The van der Waals surface area contributed by atoms with Crippen LogP contribution >= 0.6 is 0 Å². The van der Waals surface area contributed by atoms with E-state index in [0.29, 0.717) is 5.92 Å². The number of rotatable bonds is 1. The van der Waals surface area contributed by atoms with Gasteiger partial charge in [0.2, 0.25) is 0 Å². The fourth-order valence-corrected chi connectivity index (χ4v) is 1.82. The highest BCUT2D eigenvalue weighted by Gasteiger charge is 2.11. The van der Waals surface area contributed by atoms with Gasteiger partial charge in [-0.05, 0) is 17.5 Å². The average Bonchev–Trinajstić information content (AvgIpc) is 2.46. The number of pyridine rings is 1. The third kappa shape index (κ3) is 1.16. The standard InChI is InChI=1S/C11H14N2O/c1-7(2)8-6-13(3)9-4-5-12-11(14)10(8)9/h4-7H,1-3H3,(H,12,14). The second-order valence-electron chi connectivity index (χ2n) is 3.92. The Hall–Kier alpha value is -1.51. The first-order chi connectivity index (χ1) is 6.61. The monoisotopic (exact) mass is 190 g/mol. The Kier molecular flexibility index (Phi) is 1.95. The lowest BCUT2D eigenvalue weighted by molar-refractivity contribution is 0.856.